The molecule has 0 aromatic heterocycles. The quantitative estimate of drug-likeness (QED) is 0.881. The Morgan fingerprint density at radius 2 is 1.85 bits per heavy atom. The van der Waals surface area contributed by atoms with Crippen LogP contribution in [0.1, 0.15) is 36.8 Å². The van der Waals surface area contributed by atoms with Crippen LogP contribution in [0.5, 0.6) is 0 Å². The van der Waals surface area contributed by atoms with Crippen molar-refractivity contribution in [1.29, 1.82) is 0 Å². The Kier molecular flexibility index (Phi) is 4.06. The van der Waals surface area contributed by atoms with Crippen LogP contribution in [0.15, 0.2) is 24.3 Å². The zero-order valence-electron chi connectivity index (χ0n) is 11.4. The highest BCUT2D eigenvalue weighted by atomic mass is 19.4. The van der Waals surface area contributed by atoms with Gasteiger partial charge in [-0.1, -0.05) is 29.8 Å². The molecule has 0 aliphatic heterocycles. The number of alkyl halides is 3. The predicted molar refractivity (Wildman–Crippen MR) is 70.3 cm³/mol. The molecule has 0 spiro atoms. The number of benzene rings is 1. The van der Waals surface area contributed by atoms with Gasteiger partial charge in [0.05, 0.1) is 6.42 Å². The van der Waals surface area contributed by atoms with Crippen molar-refractivity contribution in [2.45, 2.75) is 50.7 Å². The summed E-state index contributed by atoms with van der Waals surface area (Å²) in [6.07, 6.45) is -3.47. The first kappa shape index (κ1) is 14.9. The van der Waals surface area contributed by atoms with E-state index in [2.05, 4.69) is 5.32 Å². The largest absolute Gasteiger partial charge is 0.389 e. The Bertz CT molecular complexity index is 475. The van der Waals surface area contributed by atoms with Crippen LogP contribution in [-0.2, 0) is 11.2 Å². The molecule has 2 nitrogen and oxygen atoms in total. The number of halogens is 3. The fourth-order valence-corrected chi connectivity index (χ4v) is 2.21. The number of carbonyl (C=O) groups excluding carboxylic acids is 1. The van der Waals surface area contributed by atoms with Crippen LogP contribution < -0.4 is 5.32 Å². The van der Waals surface area contributed by atoms with Crippen molar-refractivity contribution in [1.82, 2.24) is 5.32 Å². The standard InChI is InChI=1S/C15H18F3NO/c1-11-2-4-12(5-3-11)10-14(8-9-14)19-13(20)6-7-15(16,17)18/h2-5H,6-10H2,1H3,(H,19,20). The molecule has 1 aromatic carbocycles. The van der Waals surface area contributed by atoms with Crippen LogP contribution in [0.4, 0.5) is 13.2 Å². The maximum Gasteiger partial charge on any atom is 0.389 e. The summed E-state index contributed by atoms with van der Waals surface area (Å²) in [5, 5.41) is 2.76. The number of hydrogen-bond donors (Lipinski definition) is 1. The summed E-state index contributed by atoms with van der Waals surface area (Å²) < 4.78 is 36.2. The summed E-state index contributed by atoms with van der Waals surface area (Å²) in [7, 11) is 0. The van der Waals surface area contributed by atoms with Gasteiger partial charge in [0.15, 0.2) is 0 Å². The minimum absolute atomic E-state index is 0.321. The van der Waals surface area contributed by atoms with Gasteiger partial charge in [-0.2, -0.15) is 13.2 Å². The molecule has 110 valence electrons. The number of rotatable bonds is 5. The number of aryl methyl sites for hydroxylation is 1. The van der Waals surface area contributed by atoms with Crippen molar-refractivity contribution < 1.29 is 18.0 Å². The molecule has 1 aromatic rings. The Morgan fingerprint density at radius 1 is 1.25 bits per heavy atom. The number of nitrogens with one attached hydrogen (secondary N) is 1. The predicted octanol–water partition coefficient (Wildman–Crippen LogP) is 3.53. The van der Waals surface area contributed by atoms with E-state index in [0.717, 1.165) is 24.0 Å². The number of amides is 1. The lowest BCUT2D eigenvalue weighted by molar-refractivity contribution is -0.144. The normalized spacial score (nSPS) is 16.8. The summed E-state index contributed by atoms with van der Waals surface area (Å²) >= 11 is 0. The van der Waals surface area contributed by atoms with E-state index in [1.54, 1.807) is 0 Å². The molecule has 1 amide bonds. The molecule has 20 heavy (non-hydrogen) atoms. The third-order valence-corrected chi connectivity index (χ3v) is 3.56. The highest BCUT2D eigenvalue weighted by molar-refractivity contribution is 5.77. The van der Waals surface area contributed by atoms with Gasteiger partial charge in [-0.15, -0.1) is 0 Å². The van der Waals surface area contributed by atoms with Gasteiger partial charge in [-0.05, 0) is 31.7 Å². The lowest BCUT2D eigenvalue weighted by atomic mass is 10.0. The Balaban J connectivity index is 1.85. The molecule has 2 rings (SSSR count). The summed E-state index contributed by atoms with van der Waals surface area (Å²) in [5.41, 5.74) is 1.94. The molecule has 5 heteroatoms. The Morgan fingerprint density at radius 3 is 2.35 bits per heavy atom. The molecule has 0 saturated heterocycles. The van der Waals surface area contributed by atoms with E-state index in [4.69, 9.17) is 0 Å². The zero-order valence-corrected chi connectivity index (χ0v) is 11.4. The van der Waals surface area contributed by atoms with E-state index in [1.165, 1.54) is 0 Å². The molecule has 0 bridgehead atoms. The molecule has 1 saturated carbocycles. The van der Waals surface area contributed by atoms with Gasteiger partial charge < -0.3 is 5.32 Å². The molecule has 0 radical (unpaired) electrons. The minimum Gasteiger partial charge on any atom is -0.350 e. The van der Waals surface area contributed by atoms with Gasteiger partial charge in [0.1, 0.15) is 0 Å². The van der Waals surface area contributed by atoms with E-state index in [0.29, 0.717) is 6.42 Å². The summed E-state index contributed by atoms with van der Waals surface area (Å²) in [5.74, 6) is -0.507. The van der Waals surface area contributed by atoms with Crippen molar-refractivity contribution >= 4 is 5.91 Å². The lowest BCUT2D eigenvalue weighted by Crippen LogP contribution is -2.38. The second-order valence-electron chi connectivity index (χ2n) is 5.61. The molecular weight excluding hydrogens is 267 g/mol. The molecule has 1 aliphatic rings. The third kappa shape index (κ3) is 4.54. The highest BCUT2D eigenvalue weighted by Gasteiger charge is 2.44. The fourth-order valence-electron chi connectivity index (χ4n) is 2.21. The number of carbonyl (C=O) groups is 1. The molecule has 1 N–H and O–H groups in total. The molecule has 1 aliphatic carbocycles. The van der Waals surface area contributed by atoms with Gasteiger partial charge in [-0.25, -0.2) is 0 Å². The highest BCUT2D eigenvalue weighted by Crippen LogP contribution is 2.39. The maximum absolute atomic E-state index is 12.1. The average molecular weight is 285 g/mol. The lowest BCUT2D eigenvalue weighted by Gasteiger charge is -2.18. The minimum atomic E-state index is -4.27. The third-order valence-electron chi connectivity index (χ3n) is 3.56. The van der Waals surface area contributed by atoms with Crippen LogP contribution in [0.2, 0.25) is 0 Å². The molecule has 0 unspecified atom stereocenters. The van der Waals surface area contributed by atoms with Crippen molar-refractivity contribution in [2.75, 3.05) is 0 Å². The van der Waals surface area contributed by atoms with Crippen molar-refractivity contribution in [3.63, 3.8) is 0 Å². The second kappa shape index (κ2) is 5.46. The first-order chi connectivity index (χ1) is 9.28. The zero-order chi connectivity index (χ0) is 14.8. The van der Waals surface area contributed by atoms with Gasteiger partial charge in [0, 0.05) is 12.0 Å². The van der Waals surface area contributed by atoms with Crippen LogP contribution >= 0.6 is 0 Å². The monoisotopic (exact) mass is 285 g/mol. The summed E-state index contributed by atoms with van der Waals surface area (Å²) in [6.45, 7) is 2.00. The van der Waals surface area contributed by atoms with Crippen molar-refractivity contribution in [2.24, 2.45) is 0 Å². The summed E-state index contributed by atoms with van der Waals surface area (Å²) in [4.78, 5) is 11.6. The van der Waals surface area contributed by atoms with Crippen molar-refractivity contribution in [3.05, 3.63) is 35.4 Å². The van der Waals surface area contributed by atoms with Gasteiger partial charge in [0.25, 0.3) is 0 Å². The molecule has 0 atom stereocenters. The second-order valence-corrected chi connectivity index (χ2v) is 5.61. The Labute approximate surface area is 116 Å². The first-order valence-corrected chi connectivity index (χ1v) is 6.71. The maximum atomic E-state index is 12.1. The topological polar surface area (TPSA) is 29.1 Å². The first-order valence-electron chi connectivity index (χ1n) is 6.71. The Hall–Kier alpha value is -1.52. The van der Waals surface area contributed by atoms with Crippen LogP contribution in [0, 0.1) is 6.92 Å². The van der Waals surface area contributed by atoms with E-state index in [9.17, 15) is 18.0 Å². The molecule has 0 heterocycles. The smallest absolute Gasteiger partial charge is 0.350 e. The van der Waals surface area contributed by atoms with E-state index < -0.39 is 24.9 Å². The van der Waals surface area contributed by atoms with Crippen LogP contribution in [0.3, 0.4) is 0 Å². The van der Waals surface area contributed by atoms with Crippen LogP contribution in [-0.4, -0.2) is 17.6 Å². The molecular formula is C15H18F3NO. The van der Waals surface area contributed by atoms with E-state index in [-0.39, 0.29) is 5.54 Å². The van der Waals surface area contributed by atoms with Crippen molar-refractivity contribution in [3.8, 4) is 0 Å². The van der Waals surface area contributed by atoms with E-state index >= 15 is 0 Å². The fraction of sp³-hybridized carbons (Fsp3) is 0.533. The summed E-state index contributed by atoms with van der Waals surface area (Å²) in [6, 6.07) is 7.99. The SMILES string of the molecule is Cc1ccc(CC2(NC(=O)CCC(F)(F)F)CC2)cc1. The number of hydrogen-bond acceptors (Lipinski definition) is 1. The van der Waals surface area contributed by atoms with E-state index in [1.807, 2.05) is 31.2 Å². The van der Waals surface area contributed by atoms with Crippen LogP contribution in [0.25, 0.3) is 0 Å². The van der Waals surface area contributed by atoms with Gasteiger partial charge in [-0.3, -0.25) is 4.79 Å². The average Bonchev–Trinajstić information content (AvgIpc) is 3.09. The molecule has 1 fully saturated rings. The van der Waals surface area contributed by atoms with Gasteiger partial charge in [0.2, 0.25) is 5.91 Å². The van der Waals surface area contributed by atoms with Gasteiger partial charge >= 0.3 is 6.18 Å².